The fourth-order valence-corrected chi connectivity index (χ4v) is 2.51. The summed E-state index contributed by atoms with van der Waals surface area (Å²) in [5.41, 5.74) is 4.34. The zero-order chi connectivity index (χ0) is 13.2. The first kappa shape index (κ1) is 13.4. The van der Waals surface area contributed by atoms with Gasteiger partial charge in [0.1, 0.15) is 0 Å². The summed E-state index contributed by atoms with van der Waals surface area (Å²) in [6.45, 7) is 6.71. The minimum Gasteiger partial charge on any atom is -0.389 e. The number of allylic oxidation sites excluding steroid dienone is 1. The predicted molar refractivity (Wildman–Crippen MR) is 76.8 cm³/mol. The highest BCUT2D eigenvalue weighted by atomic mass is 16.3. The summed E-state index contributed by atoms with van der Waals surface area (Å²) in [6.07, 6.45) is 5.99. The lowest BCUT2D eigenvalue weighted by Crippen LogP contribution is -2.11. The first-order valence-electron chi connectivity index (χ1n) is 6.92. The van der Waals surface area contributed by atoms with E-state index in [1.165, 1.54) is 16.7 Å². The molecule has 18 heavy (non-hydrogen) atoms. The number of benzene rings is 1. The van der Waals surface area contributed by atoms with Crippen molar-refractivity contribution in [3.05, 3.63) is 47.0 Å². The van der Waals surface area contributed by atoms with Crippen LogP contribution in [0.25, 0.3) is 0 Å². The van der Waals surface area contributed by atoms with E-state index in [1.807, 2.05) is 6.08 Å². The highest BCUT2D eigenvalue weighted by molar-refractivity contribution is 5.30. The van der Waals surface area contributed by atoms with E-state index >= 15 is 0 Å². The summed E-state index contributed by atoms with van der Waals surface area (Å²) in [5, 5.41) is 9.63. The van der Waals surface area contributed by atoms with Crippen molar-refractivity contribution >= 4 is 0 Å². The van der Waals surface area contributed by atoms with Crippen molar-refractivity contribution in [1.82, 2.24) is 0 Å². The molecule has 1 atom stereocenters. The molecule has 1 aromatic carbocycles. The molecule has 0 radical (unpaired) electrons. The average molecular weight is 244 g/mol. The van der Waals surface area contributed by atoms with Crippen LogP contribution in [0.5, 0.6) is 0 Å². The van der Waals surface area contributed by atoms with Crippen LogP contribution in [0.3, 0.4) is 0 Å². The molecule has 0 bridgehead atoms. The van der Waals surface area contributed by atoms with Gasteiger partial charge in [0.2, 0.25) is 0 Å². The quantitative estimate of drug-likeness (QED) is 0.780. The van der Waals surface area contributed by atoms with Gasteiger partial charge >= 0.3 is 0 Å². The number of rotatable bonds is 2. The molecule has 0 fully saturated rings. The minimum atomic E-state index is -0.220. The van der Waals surface area contributed by atoms with E-state index in [0.717, 1.165) is 25.7 Å². The highest BCUT2D eigenvalue weighted by Gasteiger charge is 2.14. The maximum Gasteiger partial charge on any atom is 0.0723 e. The summed E-state index contributed by atoms with van der Waals surface area (Å²) in [6, 6.07) is 8.91. The second-order valence-electron chi connectivity index (χ2n) is 6.41. The van der Waals surface area contributed by atoms with Crippen LogP contribution in [0.2, 0.25) is 0 Å². The van der Waals surface area contributed by atoms with Gasteiger partial charge in [0.25, 0.3) is 0 Å². The lowest BCUT2D eigenvalue weighted by molar-refractivity contribution is 0.202. The van der Waals surface area contributed by atoms with Crippen LogP contribution in [0, 0.1) is 0 Å². The van der Waals surface area contributed by atoms with Gasteiger partial charge in [-0.15, -0.1) is 0 Å². The second-order valence-corrected chi connectivity index (χ2v) is 6.41. The molecule has 0 aliphatic heterocycles. The Labute approximate surface area is 111 Å². The molecule has 1 nitrogen and oxygen atoms in total. The Morgan fingerprint density at radius 2 is 1.83 bits per heavy atom. The van der Waals surface area contributed by atoms with E-state index in [4.69, 9.17) is 0 Å². The Kier molecular flexibility index (Phi) is 3.91. The predicted octanol–water partition coefficient (Wildman–Crippen LogP) is 4.00. The van der Waals surface area contributed by atoms with Crippen molar-refractivity contribution in [1.29, 1.82) is 0 Å². The van der Waals surface area contributed by atoms with Gasteiger partial charge < -0.3 is 5.11 Å². The van der Waals surface area contributed by atoms with Crippen LogP contribution in [0.4, 0.5) is 0 Å². The summed E-state index contributed by atoms with van der Waals surface area (Å²) >= 11 is 0. The van der Waals surface area contributed by atoms with E-state index in [0.29, 0.717) is 0 Å². The maximum absolute atomic E-state index is 9.63. The normalized spacial score (nSPS) is 20.7. The SMILES string of the molecule is CC(C)(C)c1ccc(CC2=CC(O)CCC2)cc1. The van der Waals surface area contributed by atoms with Crippen molar-refractivity contribution < 1.29 is 5.11 Å². The van der Waals surface area contributed by atoms with Crippen LogP contribution < -0.4 is 0 Å². The van der Waals surface area contributed by atoms with Gasteiger partial charge in [-0.25, -0.2) is 0 Å². The number of hydrogen-bond donors (Lipinski definition) is 1. The van der Waals surface area contributed by atoms with Crippen molar-refractivity contribution in [3.63, 3.8) is 0 Å². The van der Waals surface area contributed by atoms with E-state index in [2.05, 4.69) is 45.0 Å². The molecule has 0 saturated heterocycles. The van der Waals surface area contributed by atoms with Gasteiger partial charge in [-0.3, -0.25) is 0 Å². The number of aliphatic hydroxyl groups is 1. The second kappa shape index (κ2) is 5.27. The Morgan fingerprint density at radius 3 is 2.39 bits per heavy atom. The van der Waals surface area contributed by atoms with E-state index in [1.54, 1.807) is 0 Å². The van der Waals surface area contributed by atoms with Gasteiger partial charge in [0.15, 0.2) is 0 Å². The lowest BCUT2D eigenvalue weighted by Gasteiger charge is -2.20. The first-order valence-corrected chi connectivity index (χ1v) is 6.92. The molecule has 1 aromatic rings. The maximum atomic E-state index is 9.63. The molecule has 1 aliphatic rings. The van der Waals surface area contributed by atoms with Crippen LogP contribution in [-0.4, -0.2) is 11.2 Å². The zero-order valence-electron chi connectivity index (χ0n) is 11.7. The molecule has 0 amide bonds. The Balaban J connectivity index is 2.07. The lowest BCUT2D eigenvalue weighted by atomic mass is 9.86. The van der Waals surface area contributed by atoms with Crippen molar-refractivity contribution in [2.24, 2.45) is 0 Å². The molecule has 0 spiro atoms. The molecule has 98 valence electrons. The Hall–Kier alpha value is -1.08. The standard InChI is InChI=1S/C17H24O/c1-17(2,3)15-9-7-13(8-10-15)11-14-5-4-6-16(18)12-14/h7-10,12,16,18H,4-6,11H2,1-3H3. The summed E-state index contributed by atoms with van der Waals surface area (Å²) in [7, 11) is 0. The molecule has 1 unspecified atom stereocenters. The van der Waals surface area contributed by atoms with Crippen LogP contribution in [0.15, 0.2) is 35.9 Å². The molecule has 0 aromatic heterocycles. The molecule has 2 rings (SSSR count). The first-order chi connectivity index (χ1) is 8.45. The minimum absolute atomic E-state index is 0.220. The average Bonchev–Trinajstić information content (AvgIpc) is 2.28. The van der Waals surface area contributed by atoms with Gasteiger partial charge in [-0.2, -0.15) is 0 Å². The third-order valence-electron chi connectivity index (χ3n) is 3.68. The Bertz CT molecular complexity index is 420. The highest BCUT2D eigenvalue weighted by Crippen LogP contribution is 2.25. The zero-order valence-corrected chi connectivity index (χ0v) is 11.7. The number of hydrogen-bond acceptors (Lipinski definition) is 1. The summed E-state index contributed by atoms with van der Waals surface area (Å²) in [4.78, 5) is 0. The number of aliphatic hydroxyl groups excluding tert-OH is 1. The smallest absolute Gasteiger partial charge is 0.0723 e. The Morgan fingerprint density at radius 1 is 1.17 bits per heavy atom. The van der Waals surface area contributed by atoms with Gasteiger partial charge in [-0.1, -0.05) is 56.7 Å². The molecule has 1 aliphatic carbocycles. The fraction of sp³-hybridized carbons (Fsp3) is 0.529. The molecular formula is C17H24O. The molecular weight excluding hydrogens is 220 g/mol. The summed E-state index contributed by atoms with van der Waals surface area (Å²) < 4.78 is 0. The van der Waals surface area contributed by atoms with Crippen molar-refractivity contribution in [2.45, 2.75) is 58.0 Å². The van der Waals surface area contributed by atoms with Gasteiger partial charge in [-0.05, 0) is 42.2 Å². The van der Waals surface area contributed by atoms with Crippen LogP contribution in [-0.2, 0) is 11.8 Å². The largest absolute Gasteiger partial charge is 0.389 e. The van der Waals surface area contributed by atoms with E-state index < -0.39 is 0 Å². The molecule has 1 N–H and O–H groups in total. The fourth-order valence-electron chi connectivity index (χ4n) is 2.51. The summed E-state index contributed by atoms with van der Waals surface area (Å²) in [5.74, 6) is 0. The molecule has 1 heteroatoms. The van der Waals surface area contributed by atoms with E-state index in [9.17, 15) is 5.11 Å². The van der Waals surface area contributed by atoms with Crippen molar-refractivity contribution in [2.75, 3.05) is 0 Å². The third-order valence-corrected chi connectivity index (χ3v) is 3.68. The third kappa shape index (κ3) is 3.46. The van der Waals surface area contributed by atoms with Crippen LogP contribution >= 0.6 is 0 Å². The monoisotopic (exact) mass is 244 g/mol. The van der Waals surface area contributed by atoms with Crippen LogP contribution in [0.1, 0.15) is 51.2 Å². The van der Waals surface area contributed by atoms with E-state index in [-0.39, 0.29) is 11.5 Å². The molecule has 0 heterocycles. The topological polar surface area (TPSA) is 20.2 Å². The molecule has 0 saturated carbocycles. The van der Waals surface area contributed by atoms with Crippen molar-refractivity contribution in [3.8, 4) is 0 Å². The van der Waals surface area contributed by atoms with Gasteiger partial charge in [0, 0.05) is 0 Å². The van der Waals surface area contributed by atoms with Gasteiger partial charge in [0.05, 0.1) is 6.10 Å².